The van der Waals surface area contributed by atoms with Gasteiger partial charge in [0.25, 0.3) is 5.96 Å². The Kier molecular flexibility index (Phi) is 5.25. The maximum absolute atomic E-state index is 8.49. The van der Waals surface area contributed by atoms with E-state index in [1.165, 1.54) is 0 Å². The summed E-state index contributed by atoms with van der Waals surface area (Å²) in [5.74, 6) is 0.458. The highest BCUT2D eigenvalue weighted by Gasteiger charge is 2.18. The summed E-state index contributed by atoms with van der Waals surface area (Å²) in [6.07, 6.45) is 0. The van der Waals surface area contributed by atoms with Gasteiger partial charge in [-0.05, 0) is 10.6 Å². The predicted octanol–water partition coefficient (Wildman–Crippen LogP) is -5.77. The minimum Gasteiger partial charge on any atom is -0.305 e. The highest BCUT2D eigenvalue weighted by atomic mass is 35.7. The molecule has 86 valence electrons. The van der Waals surface area contributed by atoms with E-state index in [0.29, 0.717) is 5.96 Å². The van der Waals surface area contributed by atoms with Crippen LogP contribution in [0.2, 0.25) is 0 Å². The van der Waals surface area contributed by atoms with Crippen LogP contribution in [-0.4, -0.2) is 31.6 Å². The number of guanidine groups is 1. The lowest BCUT2D eigenvalue weighted by molar-refractivity contribution is -2.00. The lowest BCUT2D eigenvalue weighted by Crippen LogP contribution is -3.03. The molecule has 1 atom stereocenters. The van der Waals surface area contributed by atoms with Crippen molar-refractivity contribution in [3.05, 3.63) is 10.4 Å². The fourth-order valence-electron chi connectivity index (χ4n) is 0.844. The molecule has 0 saturated carbocycles. The van der Waals surface area contributed by atoms with Crippen LogP contribution in [0, 0.1) is 10.2 Å². The number of nitrogens with zero attached hydrogens (tertiary/aromatic N) is 5. The zero-order valence-corrected chi connectivity index (χ0v) is 8.71. The number of hydrogen-bond donors (Lipinski definition) is 1. The number of nitrogens with one attached hydrogen (secondary N) is 1. The highest BCUT2D eigenvalue weighted by Crippen LogP contribution is 1.89. The molecule has 0 saturated heterocycles. The second kappa shape index (κ2) is 5.68. The van der Waals surface area contributed by atoms with Crippen LogP contribution in [0.5, 0.6) is 0 Å². The van der Waals surface area contributed by atoms with Crippen molar-refractivity contribution in [3.63, 3.8) is 0 Å². The molecule has 0 bridgehead atoms. The minimum atomic E-state index is -4.94. The van der Waals surface area contributed by atoms with Gasteiger partial charge in [0.1, 0.15) is 0 Å². The van der Waals surface area contributed by atoms with E-state index in [9.17, 15) is 0 Å². The molecular weight excluding hydrogens is 232 g/mol. The largest absolute Gasteiger partial charge is 0.305 e. The van der Waals surface area contributed by atoms with Crippen LogP contribution in [0.15, 0.2) is 10.2 Å². The highest BCUT2D eigenvalue weighted by molar-refractivity contribution is 5.80. The van der Waals surface area contributed by atoms with Gasteiger partial charge >= 0.3 is 0 Å². The van der Waals surface area contributed by atoms with Crippen molar-refractivity contribution in [3.8, 4) is 0 Å². The van der Waals surface area contributed by atoms with Crippen LogP contribution in [0.3, 0.4) is 0 Å². The zero-order valence-electron chi connectivity index (χ0n) is 7.95. The van der Waals surface area contributed by atoms with E-state index in [2.05, 4.69) is 15.1 Å². The summed E-state index contributed by atoms with van der Waals surface area (Å²) in [4.78, 5) is 4.44. The fourth-order valence-corrected chi connectivity index (χ4v) is 0.844. The molecule has 11 heteroatoms. The van der Waals surface area contributed by atoms with Gasteiger partial charge in [-0.3, -0.25) is 0 Å². The van der Waals surface area contributed by atoms with Crippen molar-refractivity contribution >= 4 is 5.96 Å². The quantitative estimate of drug-likeness (QED) is 0.253. The second-order valence-corrected chi connectivity index (χ2v) is 3.33. The number of rotatable bonds is 0. The molecule has 0 radical (unpaired) electrons. The first-order valence-corrected chi connectivity index (χ1v) is 4.76. The Morgan fingerprint density at radius 1 is 1.53 bits per heavy atom. The molecule has 10 nitrogen and oxygen atoms in total. The Balaban J connectivity index is 0.000000336. The average Bonchev–Trinajstić information content (AvgIpc) is 2.27. The van der Waals surface area contributed by atoms with Gasteiger partial charge in [0, 0.05) is 12.0 Å². The molecule has 0 aromatic rings. The Morgan fingerprint density at radius 2 is 2.00 bits per heavy atom. The summed E-state index contributed by atoms with van der Waals surface area (Å²) >= 11 is 0. The topological polar surface area (TPSA) is 161 Å². The molecule has 1 aliphatic rings. The third kappa shape index (κ3) is 7.90. The molecule has 0 amide bonds. The standard InChI is InChI=1S/C4H8N6.ClHO4/c1-9-3-10(2)7-4(9)6-8-5;2-1(3,4)5/h3H2,1-2H3;(H,2,3,4,5). The van der Waals surface area contributed by atoms with Crippen LogP contribution in [-0.2, 0) is 0 Å². The maximum Gasteiger partial charge on any atom is 0.252 e. The Bertz CT molecular complexity index is 277. The van der Waals surface area contributed by atoms with Gasteiger partial charge in [0.15, 0.2) is 6.67 Å². The summed E-state index contributed by atoms with van der Waals surface area (Å²) in [5, 5.41) is 8.37. The molecule has 0 fully saturated rings. The lowest BCUT2D eigenvalue weighted by atomic mass is 10.8. The molecular formula is C4H9ClN6O4. The summed E-state index contributed by atoms with van der Waals surface area (Å²) in [5.41, 5.74) is 8.07. The zero-order chi connectivity index (χ0) is 12.1. The first kappa shape index (κ1) is 13.9. The first-order chi connectivity index (χ1) is 6.74. The molecule has 1 rings (SSSR count). The minimum absolute atomic E-state index is 0.458. The van der Waals surface area contributed by atoms with E-state index < -0.39 is 10.2 Å². The monoisotopic (exact) mass is 240 g/mol. The van der Waals surface area contributed by atoms with Gasteiger partial charge in [-0.1, -0.05) is 5.10 Å². The Morgan fingerprint density at radius 3 is 2.27 bits per heavy atom. The number of halogens is 1. The van der Waals surface area contributed by atoms with Crippen molar-refractivity contribution in [1.29, 1.82) is 0 Å². The molecule has 15 heavy (non-hydrogen) atoms. The average molecular weight is 241 g/mol. The molecule has 1 N–H and O–H groups in total. The van der Waals surface area contributed by atoms with E-state index in [4.69, 9.17) is 24.2 Å². The molecule has 0 spiro atoms. The second-order valence-electron chi connectivity index (χ2n) is 2.57. The molecule has 0 aromatic carbocycles. The smallest absolute Gasteiger partial charge is 0.252 e. The van der Waals surface area contributed by atoms with Gasteiger partial charge in [-0.2, -0.15) is 5.01 Å². The molecule has 1 heterocycles. The molecule has 1 unspecified atom stereocenters. The fraction of sp³-hybridized carbons (Fsp3) is 0.750. The maximum atomic E-state index is 8.49. The van der Waals surface area contributed by atoms with Crippen molar-refractivity contribution < 1.29 is 33.9 Å². The van der Waals surface area contributed by atoms with E-state index >= 15 is 0 Å². The van der Waals surface area contributed by atoms with Crippen LogP contribution < -0.4 is 23.6 Å². The summed E-state index contributed by atoms with van der Waals surface area (Å²) in [7, 11) is -1.21. The van der Waals surface area contributed by atoms with Gasteiger partial charge in [-0.15, -0.1) is 10.2 Å². The van der Waals surface area contributed by atoms with Gasteiger partial charge in [0.2, 0.25) is 0 Å². The third-order valence-corrected chi connectivity index (χ3v) is 1.23. The van der Waals surface area contributed by atoms with Crippen molar-refractivity contribution in [2.24, 2.45) is 10.2 Å². The normalized spacial score (nSPS) is 20.0. The van der Waals surface area contributed by atoms with E-state index in [-0.39, 0.29) is 0 Å². The number of quaternary nitrogens is 1. The SMILES string of the molecule is CN1C[NH+](C)N=C1N=[N+]=[N-].[O-][Cl+3]([O-])([O-])[O-]. The van der Waals surface area contributed by atoms with Gasteiger partial charge < -0.3 is 4.90 Å². The number of hydrogen-bond acceptors (Lipinski definition) is 7. The van der Waals surface area contributed by atoms with Gasteiger partial charge in [0.05, 0.1) is 7.05 Å². The lowest BCUT2D eigenvalue weighted by Gasteiger charge is -2.17. The predicted molar refractivity (Wildman–Crippen MR) is 36.1 cm³/mol. The van der Waals surface area contributed by atoms with Crippen LogP contribution in [0.25, 0.3) is 10.4 Å². The van der Waals surface area contributed by atoms with Crippen LogP contribution in [0.4, 0.5) is 0 Å². The van der Waals surface area contributed by atoms with E-state index in [0.717, 1.165) is 11.7 Å². The third-order valence-electron chi connectivity index (χ3n) is 1.23. The molecule has 0 aromatic heterocycles. The Hall–Kier alpha value is -1.13. The van der Waals surface area contributed by atoms with Crippen LogP contribution in [0.1, 0.15) is 0 Å². The summed E-state index contributed by atoms with van der Waals surface area (Å²) < 4.78 is 34.0. The Labute approximate surface area is 87.0 Å². The molecule has 0 aliphatic carbocycles. The number of azide groups is 1. The summed E-state index contributed by atoms with van der Waals surface area (Å²) in [6.45, 7) is 0.758. The van der Waals surface area contributed by atoms with Crippen molar-refractivity contribution in [2.75, 3.05) is 20.8 Å². The van der Waals surface area contributed by atoms with E-state index in [1.807, 2.05) is 14.1 Å². The van der Waals surface area contributed by atoms with Gasteiger partial charge in [-0.25, -0.2) is 18.6 Å². The van der Waals surface area contributed by atoms with Crippen molar-refractivity contribution in [1.82, 2.24) is 4.90 Å². The van der Waals surface area contributed by atoms with Crippen molar-refractivity contribution in [2.45, 2.75) is 0 Å². The molecule has 1 aliphatic heterocycles. The van der Waals surface area contributed by atoms with E-state index in [1.54, 1.807) is 4.90 Å². The summed E-state index contributed by atoms with van der Waals surface area (Å²) in [6, 6.07) is 0. The first-order valence-electron chi connectivity index (χ1n) is 3.53. The van der Waals surface area contributed by atoms with Crippen LogP contribution >= 0.6 is 0 Å².